The second-order valence-electron chi connectivity index (χ2n) is 4.78. The lowest BCUT2D eigenvalue weighted by molar-refractivity contribution is 0.0213. The average molecular weight is 264 g/mol. The van der Waals surface area contributed by atoms with Crippen LogP contribution in [-0.2, 0) is 11.3 Å². The summed E-state index contributed by atoms with van der Waals surface area (Å²) in [7, 11) is 1.70. The van der Waals surface area contributed by atoms with Crippen LogP contribution in [0.2, 0.25) is 0 Å². The van der Waals surface area contributed by atoms with Gasteiger partial charge in [0.2, 0.25) is 0 Å². The maximum absolute atomic E-state index is 11.7. The van der Waals surface area contributed by atoms with Crippen LogP contribution < -0.4 is 10.5 Å². The molecule has 0 saturated heterocycles. The maximum atomic E-state index is 11.7. The van der Waals surface area contributed by atoms with Gasteiger partial charge in [0.25, 0.3) is 0 Å². The van der Waals surface area contributed by atoms with Crippen molar-refractivity contribution in [2.75, 3.05) is 13.6 Å². The van der Waals surface area contributed by atoms with E-state index in [2.05, 4.69) is 0 Å². The Morgan fingerprint density at radius 3 is 3.00 bits per heavy atom. The molecule has 0 bridgehead atoms. The average Bonchev–Trinajstić information content (AvgIpc) is 2.42. The molecule has 1 heterocycles. The molecule has 2 N–H and O–H groups in total. The van der Waals surface area contributed by atoms with E-state index in [9.17, 15) is 4.79 Å². The van der Waals surface area contributed by atoms with Crippen LogP contribution in [-0.4, -0.2) is 30.7 Å². The summed E-state index contributed by atoms with van der Waals surface area (Å²) in [5, 5.41) is 0. The van der Waals surface area contributed by atoms with Crippen LogP contribution in [0.25, 0.3) is 0 Å². The molecule has 5 nitrogen and oxygen atoms in total. The zero-order valence-electron chi connectivity index (χ0n) is 11.6. The van der Waals surface area contributed by atoms with E-state index in [4.69, 9.17) is 15.2 Å². The van der Waals surface area contributed by atoms with Crippen molar-refractivity contribution in [3.63, 3.8) is 0 Å². The first-order valence-corrected chi connectivity index (χ1v) is 6.46. The molecule has 0 saturated carbocycles. The van der Waals surface area contributed by atoms with Gasteiger partial charge in [-0.1, -0.05) is 6.07 Å². The highest BCUT2D eigenvalue weighted by Crippen LogP contribution is 2.30. The smallest absolute Gasteiger partial charge is 0.410 e. The minimum absolute atomic E-state index is 0.0308. The molecule has 104 valence electrons. The van der Waals surface area contributed by atoms with Crippen molar-refractivity contribution in [1.29, 1.82) is 0 Å². The topological polar surface area (TPSA) is 64.8 Å². The second kappa shape index (κ2) is 5.59. The monoisotopic (exact) mass is 264 g/mol. The van der Waals surface area contributed by atoms with Gasteiger partial charge in [-0.2, -0.15) is 0 Å². The molecule has 0 unspecified atom stereocenters. The molecule has 0 radical (unpaired) electrons. The molecular formula is C14H20N2O3. The van der Waals surface area contributed by atoms with Gasteiger partial charge in [-0.05, 0) is 37.1 Å². The summed E-state index contributed by atoms with van der Waals surface area (Å²) in [4.78, 5) is 13.2. The minimum Gasteiger partial charge on any atom is -0.410 e. The minimum atomic E-state index is -0.365. The zero-order valence-corrected chi connectivity index (χ0v) is 11.6. The van der Waals surface area contributed by atoms with Crippen molar-refractivity contribution >= 4 is 6.09 Å². The summed E-state index contributed by atoms with van der Waals surface area (Å²) >= 11 is 0. The SMILES string of the molecule is CCN(C)C(=O)Oc1ccc2c(c1)[C@H](N)[C@H](C)OC2. The molecule has 1 amide bonds. The predicted molar refractivity (Wildman–Crippen MR) is 71.9 cm³/mol. The third-order valence-corrected chi connectivity index (χ3v) is 3.48. The summed E-state index contributed by atoms with van der Waals surface area (Å²) in [6.07, 6.45) is -0.395. The summed E-state index contributed by atoms with van der Waals surface area (Å²) in [6.45, 7) is 4.99. The van der Waals surface area contributed by atoms with E-state index in [1.54, 1.807) is 13.1 Å². The first-order chi connectivity index (χ1) is 9.02. The van der Waals surface area contributed by atoms with E-state index >= 15 is 0 Å². The number of carbonyl (C=O) groups excluding carboxylic acids is 1. The van der Waals surface area contributed by atoms with Gasteiger partial charge in [-0.3, -0.25) is 0 Å². The fourth-order valence-corrected chi connectivity index (χ4v) is 1.96. The molecule has 1 aliphatic rings. The maximum Gasteiger partial charge on any atom is 0.414 e. The Bertz CT molecular complexity index is 476. The van der Waals surface area contributed by atoms with Crippen molar-refractivity contribution in [2.45, 2.75) is 32.6 Å². The fourth-order valence-electron chi connectivity index (χ4n) is 1.96. The molecule has 1 aromatic rings. The number of nitrogens with two attached hydrogens (primary N) is 1. The number of fused-ring (bicyclic) bond motifs is 1. The van der Waals surface area contributed by atoms with Gasteiger partial charge in [0.15, 0.2) is 0 Å². The standard InChI is InChI=1S/C14H20N2O3/c1-4-16(3)14(17)19-11-6-5-10-8-18-9(2)13(15)12(10)7-11/h5-7,9,13H,4,8,15H2,1-3H3/t9-,13+/m0/s1. The van der Waals surface area contributed by atoms with Crippen LogP contribution in [0.1, 0.15) is 31.0 Å². The van der Waals surface area contributed by atoms with Crippen LogP contribution in [0.3, 0.4) is 0 Å². The molecule has 0 spiro atoms. The Hall–Kier alpha value is -1.59. The molecule has 5 heteroatoms. The summed E-state index contributed by atoms with van der Waals surface area (Å²) < 4.78 is 10.9. The molecule has 2 atom stereocenters. The number of amides is 1. The molecule has 0 aliphatic carbocycles. The predicted octanol–water partition coefficient (Wildman–Crippen LogP) is 2.06. The number of ether oxygens (including phenoxy) is 2. The molecule has 1 aliphatic heterocycles. The first-order valence-electron chi connectivity index (χ1n) is 6.46. The van der Waals surface area contributed by atoms with E-state index in [1.807, 2.05) is 26.0 Å². The van der Waals surface area contributed by atoms with Crippen LogP contribution in [0.15, 0.2) is 18.2 Å². The largest absolute Gasteiger partial charge is 0.414 e. The highest BCUT2D eigenvalue weighted by molar-refractivity contribution is 5.70. The number of hydrogen-bond acceptors (Lipinski definition) is 4. The Labute approximate surface area is 113 Å². The van der Waals surface area contributed by atoms with Crippen LogP contribution >= 0.6 is 0 Å². The number of hydrogen-bond donors (Lipinski definition) is 1. The summed E-state index contributed by atoms with van der Waals surface area (Å²) in [5.41, 5.74) is 8.14. The normalized spacial score (nSPS) is 21.7. The third kappa shape index (κ3) is 2.88. The molecule has 2 rings (SSSR count). The van der Waals surface area contributed by atoms with Gasteiger partial charge in [-0.25, -0.2) is 4.79 Å². The molecular weight excluding hydrogens is 244 g/mol. The highest BCUT2D eigenvalue weighted by atomic mass is 16.6. The van der Waals surface area contributed by atoms with Gasteiger partial charge in [-0.15, -0.1) is 0 Å². The molecule has 0 aromatic heterocycles. The molecule has 0 fully saturated rings. The van der Waals surface area contributed by atoms with Crippen molar-refractivity contribution in [3.8, 4) is 5.75 Å². The number of rotatable bonds is 2. The van der Waals surface area contributed by atoms with Gasteiger partial charge in [0.05, 0.1) is 18.8 Å². The summed E-state index contributed by atoms with van der Waals surface area (Å²) in [5.74, 6) is 0.522. The van der Waals surface area contributed by atoms with Crippen molar-refractivity contribution in [2.24, 2.45) is 5.73 Å². The lowest BCUT2D eigenvalue weighted by Crippen LogP contribution is -2.32. The van der Waals surface area contributed by atoms with Gasteiger partial charge >= 0.3 is 6.09 Å². The Morgan fingerprint density at radius 1 is 1.58 bits per heavy atom. The van der Waals surface area contributed by atoms with Crippen molar-refractivity contribution < 1.29 is 14.3 Å². The van der Waals surface area contributed by atoms with Crippen LogP contribution in [0, 0.1) is 0 Å². The Morgan fingerprint density at radius 2 is 2.32 bits per heavy atom. The van der Waals surface area contributed by atoms with Crippen molar-refractivity contribution in [3.05, 3.63) is 29.3 Å². The van der Waals surface area contributed by atoms with Crippen LogP contribution in [0.5, 0.6) is 5.75 Å². The van der Waals surface area contributed by atoms with E-state index in [0.717, 1.165) is 11.1 Å². The third-order valence-electron chi connectivity index (χ3n) is 3.48. The fraction of sp³-hybridized carbons (Fsp3) is 0.500. The van der Waals surface area contributed by atoms with Gasteiger partial charge in [0, 0.05) is 13.6 Å². The number of carbonyl (C=O) groups is 1. The van der Waals surface area contributed by atoms with E-state index in [1.165, 1.54) is 4.90 Å². The lowest BCUT2D eigenvalue weighted by Gasteiger charge is -2.29. The lowest BCUT2D eigenvalue weighted by atomic mass is 9.95. The zero-order chi connectivity index (χ0) is 14.0. The Kier molecular flexibility index (Phi) is 4.07. The van der Waals surface area contributed by atoms with E-state index < -0.39 is 0 Å². The highest BCUT2D eigenvalue weighted by Gasteiger charge is 2.24. The number of benzene rings is 1. The van der Waals surface area contributed by atoms with Crippen molar-refractivity contribution in [1.82, 2.24) is 4.90 Å². The van der Waals surface area contributed by atoms with Gasteiger partial charge in [0.1, 0.15) is 5.75 Å². The Balaban J connectivity index is 2.19. The number of nitrogens with zero attached hydrogens (tertiary/aromatic N) is 1. The van der Waals surface area contributed by atoms with Crippen LogP contribution in [0.4, 0.5) is 4.79 Å². The molecule has 19 heavy (non-hydrogen) atoms. The molecule has 1 aromatic carbocycles. The van der Waals surface area contributed by atoms with Gasteiger partial charge < -0.3 is 20.1 Å². The van der Waals surface area contributed by atoms with E-state index in [-0.39, 0.29) is 18.2 Å². The first kappa shape index (κ1) is 13.8. The summed E-state index contributed by atoms with van der Waals surface area (Å²) in [6, 6.07) is 5.31. The van der Waals surface area contributed by atoms with E-state index in [0.29, 0.717) is 18.9 Å². The second-order valence-corrected chi connectivity index (χ2v) is 4.78. The quantitative estimate of drug-likeness (QED) is 0.888.